The van der Waals surface area contributed by atoms with Crippen molar-refractivity contribution < 1.29 is 30.0 Å². The summed E-state index contributed by atoms with van der Waals surface area (Å²) in [5, 5.41) is 36.7. The van der Waals surface area contributed by atoms with Gasteiger partial charge in [-0.25, -0.2) is 0 Å². The first-order valence-electron chi connectivity index (χ1n) is 6.54. The molecule has 0 aliphatic carbocycles. The lowest BCUT2D eigenvalue weighted by atomic mass is 10.1. The van der Waals surface area contributed by atoms with Crippen LogP contribution in [0.15, 0.2) is 0 Å². The molecule has 1 heterocycles. The molecule has 0 aromatic rings. The Labute approximate surface area is 118 Å². The Balaban J connectivity index is 0. The summed E-state index contributed by atoms with van der Waals surface area (Å²) in [5.41, 5.74) is 5.06. The third-order valence-corrected chi connectivity index (χ3v) is 2.32. The van der Waals surface area contributed by atoms with Crippen molar-refractivity contribution in [2.24, 2.45) is 5.73 Å². The van der Waals surface area contributed by atoms with Crippen LogP contribution in [0.4, 0.5) is 0 Å². The number of nitrogens with one attached hydrogen (secondary N) is 1. The Hall–Kier alpha value is -1.22. The molecule has 1 aliphatic heterocycles. The molecular formula is C12H26N2O6. The second kappa shape index (κ2) is 11.6. The number of hydrogen-bond acceptors (Lipinski definition) is 6. The van der Waals surface area contributed by atoms with Crippen molar-refractivity contribution in [1.29, 1.82) is 0 Å². The number of aliphatic hydroxyl groups excluding tert-OH is 2. The maximum Gasteiger partial charge on any atom is 0.320 e. The molecule has 0 spiro atoms. The number of aliphatic hydroxyl groups is 2. The normalized spacial score (nSPS) is 23.5. The molecule has 0 bridgehead atoms. The minimum absolute atomic E-state index is 0.106. The molecule has 1 fully saturated rings. The Morgan fingerprint density at radius 3 is 2.00 bits per heavy atom. The van der Waals surface area contributed by atoms with Gasteiger partial charge in [-0.2, -0.15) is 0 Å². The Bertz CT molecular complexity index is 285. The van der Waals surface area contributed by atoms with Gasteiger partial charge in [0.1, 0.15) is 12.1 Å². The second-order valence-electron chi connectivity index (χ2n) is 4.22. The fourth-order valence-corrected chi connectivity index (χ4v) is 1.37. The zero-order valence-electron chi connectivity index (χ0n) is 12.1. The molecule has 0 aromatic heterocycles. The molecule has 8 nitrogen and oxygen atoms in total. The third-order valence-electron chi connectivity index (χ3n) is 2.32. The molecule has 7 N–H and O–H groups in total. The van der Waals surface area contributed by atoms with Crippen LogP contribution >= 0.6 is 0 Å². The van der Waals surface area contributed by atoms with E-state index in [4.69, 9.17) is 26.2 Å². The molecule has 8 heteroatoms. The van der Waals surface area contributed by atoms with Gasteiger partial charge in [-0.1, -0.05) is 13.8 Å². The molecule has 120 valence electrons. The summed E-state index contributed by atoms with van der Waals surface area (Å²) in [6, 6.07) is -1.48. The smallest absolute Gasteiger partial charge is 0.320 e. The average Bonchev–Trinajstić information content (AvgIpc) is 2.78. The van der Waals surface area contributed by atoms with E-state index in [0.717, 1.165) is 0 Å². The quantitative estimate of drug-likeness (QED) is 0.385. The molecule has 1 rings (SSSR count). The highest BCUT2D eigenvalue weighted by Gasteiger charge is 2.27. The van der Waals surface area contributed by atoms with Crippen LogP contribution in [0.5, 0.6) is 0 Å². The summed E-state index contributed by atoms with van der Waals surface area (Å²) in [6.45, 7) is 5.90. The lowest BCUT2D eigenvalue weighted by Crippen LogP contribution is -2.33. The van der Waals surface area contributed by atoms with Crippen molar-refractivity contribution in [2.75, 3.05) is 6.54 Å². The number of carbonyl (C=O) groups is 2. The average molecular weight is 294 g/mol. The van der Waals surface area contributed by atoms with Gasteiger partial charge in [-0.3, -0.25) is 9.59 Å². The minimum Gasteiger partial charge on any atom is -0.480 e. The molecular weight excluding hydrogens is 268 g/mol. The van der Waals surface area contributed by atoms with Gasteiger partial charge in [0.2, 0.25) is 0 Å². The highest BCUT2D eigenvalue weighted by Crippen LogP contribution is 2.05. The van der Waals surface area contributed by atoms with E-state index in [1.54, 1.807) is 0 Å². The number of β-amino-alcohol motifs (C(OH)–C–C–N with tert-alkyl or cyclic N) is 1. The first kappa shape index (κ1) is 21.1. The second-order valence-corrected chi connectivity index (χ2v) is 4.22. The van der Waals surface area contributed by atoms with Crippen molar-refractivity contribution in [3.8, 4) is 0 Å². The van der Waals surface area contributed by atoms with Gasteiger partial charge in [-0.05, 0) is 13.3 Å². The van der Waals surface area contributed by atoms with Gasteiger partial charge < -0.3 is 31.5 Å². The van der Waals surface area contributed by atoms with Gasteiger partial charge >= 0.3 is 11.9 Å². The van der Waals surface area contributed by atoms with Crippen LogP contribution in [-0.4, -0.2) is 63.2 Å². The number of carboxylic acids is 2. The molecule has 4 unspecified atom stereocenters. The number of carboxylic acid groups (broad SMARTS) is 2. The fraction of sp³-hybridized carbons (Fsp3) is 0.833. The molecule has 0 aromatic carbocycles. The molecule has 20 heavy (non-hydrogen) atoms. The van der Waals surface area contributed by atoms with E-state index in [-0.39, 0.29) is 6.42 Å². The number of nitrogens with two attached hydrogens (primary N) is 1. The third kappa shape index (κ3) is 10.7. The monoisotopic (exact) mass is 294 g/mol. The SMILES string of the molecule is CC.CC(O)CC(N)C(=O)O.O=C(O)C1CC(O)CN1. The summed E-state index contributed by atoms with van der Waals surface area (Å²) in [7, 11) is 0. The molecule has 4 atom stereocenters. The zero-order valence-corrected chi connectivity index (χ0v) is 12.1. The summed E-state index contributed by atoms with van der Waals surface area (Å²) < 4.78 is 0. The molecule has 1 aliphatic rings. The standard InChI is InChI=1S/C5H9NO3.C5H11NO3.C2H6/c7-3-1-4(5(8)9)6-2-3;1-3(7)2-4(6)5(8)9;1-2/h3-4,6-7H,1-2H2,(H,8,9);3-4,7H,2,6H2,1H3,(H,8,9);1-2H3. The summed E-state index contributed by atoms with van der Waals surface area (Å²) >= 11 is 0. The van der Waals surface area contributed by atoms with E-state index in [2.05, 4.69) is 5.32 Å². The van der Waals surface area contributed by atoms with Crippen molar-refractivity contribution in [2.45, 2.75) is 57.9 Å². The van der Waals surface area contributed by atoms with Crippen molar-refractivity contribution in [1.82, 2.24) is 5.32 Å². The van der Waals surface area contributed by atoms with E-state index in [1.807, 2.05) is 13.8 Å². The molecule has 1 saturated heterocycles. The Morgan fingerprint density at radius 1 is 1.35 bits per heavy atom. The van der Waals surface area contributed by atoms with Crippen LogP contribution in [0.2, 0.25) is 0 Å². The number of hydrogen-bond donors (Lipinski definition) is 6. The summed E-state index contributed by atoms with van der Waals surface area (Å²) in [5.74, 6) is -1.96. The van der Waals surface area contributed by atoms with Crippen molar-refractivity contribution in [3.05, 3.63) is 0 Å². The lowest BCUT2D eigenvalue weighted by Gasteiger charge is -2.06. The van der Waals surface area contributed by atoms with E-state index in [0.29, 0.717) is 13.0 Å². The fourth-order valence-electron chi connectivity index (χ4n) is 1.37. The van der Waals surface area contributed by atoms with Crippen molar-refractivity contribution >= 4 is 11.9 Å². The largest absolute Gasteiger partial charge is 0.480 e. The molecule has 0 radical (unpaired) electrons. The van der Waals surface area contributed by atoms with Crippen LogP contribution in [0.25, 0.3) is 0 Å². The van der Waals surface area contributed by atoms with Gasteiger partial charge in [0.15, 0.2) is 0 Å². The lowest BCUT2D eigenvalue weighted by molar-refractivity contribution is -0.140. The Morgan fingerprint density at radius 2 is 1.85 bits per heavy atom. The van der Waals surface area contributed by atoms with Crippen molar-refractivity contribution in [3.63, 3.8) is 0 Å². The molecule has 0 amide bonds. The first-order chi connectivity index (χ1) is 9.23. The van der Waals surface area contributed by atoms with Gasteiger partial charge in [0, 0.05) is 13.0 Å². The van der Waals surface area contributed by atoms with Crippen LogP contribution < -0.4 is 11.1 Å². The maximum absolute atomic E-state index is 10.2. The first-order valence-corrected chi connectivity index (χ1v) is 6.54. The number of aliphatic carboxylic acids is 2. The van der Waals surface area contributed by atoms with Gasteiger partial charge in [0.05, 0.1) is 12.2 Å². The minimum atomic E-state index is -1.07. The predicted molar refractivity (Wildman–Crippen MR) is 73.3 cm³/mol. The highest BCUT2D eigenvalue weighted by atomic mass is 16.4. The maximum atomic E-state index is 10.2. The Kier molecular flexibility index (Phi) is 12.2. The highest BCUT2D eigenvalue weighted by molar-refractivity contribution is 5.74. The summed E-state index contributed by atoms with van der Waals surface area (Å²) in [4.78, 5) is 20.2. The van der Waals surface area contributed by atoms with Crippen LogP contribution in [0.1, 0.15) is 33.6 Å². The zero-order chi connectivity index (χ0) is 16.3. The van der Waals surface area contributed by atoms with Crippen LogP contribution in [0, 0.1) is 0 Å². The molecule has 0 saturated carbocycles. The van der Waals surface area contributed by atoms with Crippen LogP contribution in [-0.2, 0) is 9.59 Å². The predicted octanol–water partition coefficient (Wildman–Crippen LogP) is -1.01. The summed E-state index contributed by atoms with van der Waals surface area (Å²) in [6.07, 6.45) is -0.688. The van der Waals surface area contributed by atoms with E-state index >= 15 is 0 Å². The van der Waals surface area contributed by atoms with E-state index in [9.17, 15) is 9.59 Å². The van der Waals surface area contributed by atoms with E-state index < -0.39 is 36.2 Å². The topological polar surface area (TPSA) is 153 Å². The van der Waals surface area contributed by atoms with Gasteiger partial charge in [0.25, 0.3) is 0 Å². The van der Waals surface area contributed by atoms with Gasteiger partial charge in [-0.15, -0.1) is 0 Å². The van der Waals surface area contributed by atoms with E-state index in [1.165, 1.54) is 6.92 Å². The van der Waals surface area contributed by atoms with Crippen LogP contribution in [0.3, 0.4) is 0 Å². The number of rotatable bonds is 4.